The third-order valence-corrected chi connectivity index (χ3v) is 6.41. The van der Waals surface area contributed by atoms with Crippen molar-refractivity contribution in [2.45, 2.75) is 32.7 Å². The Morgan fingerprint density at radius 3 is 2.41 bits per heavy atom. The van der Waals surface area contributed by atoms with Gasteiger partial charge >= 0.3 is 11.9 Å². The van der Waals surface area contributed by atoms with Crippen molar-refractivity contribution in [2.24, 2.45) is 0 Å². The molecule has 4 aromatic rings. The molecule has 0 aliphatic heterocycles. The van der Waals surface area contributed by atoms with Crippen molar-refractivity contribution in [3.63, 3.8) is 0 Å². The summed E-state index contributed by atoms with van der Waals surface area (Å²) in [5.41, 5.74) is 3.05. The third kappa shape index (κ3) is 3.97. The van der Waals surface area contributed by atoms with E-state index in [0.717, 1.165) is 47.6 Å². The number of unbranched alkanes of at least 4 members (excludes halogenated alkanes) is 1. The molecule has 2 aromatic heterocycles. The smallest absolute Gasteiger partial charge is 0.349 e. The Labute approximate surface area is 188 Å². The van der Waals surface area contributed by atoms with E-state index in [1.807, 2.05) is 28.8 Å². The van der Waals surface area contributed by atoms with Crippen LogP contribution in [0.4, 0.5) is 0 Å². The fourth-order valence-electron chi connectivity index (χ4n) is 3.76. The topological polar surface area (TPSA) is 113 Å². The molecule has 0 bridgehead atoms. The van der Waals surface area contributed by atoms with Gasteiger partial charge in [-0.25, -0.2) is 14.6 Å². The number of nitrogens with zero attached hydrogens (tertiary/aromatic N) is 2. The monoisotopic (exact) mass is 450 g/mol. The van der Waals surface area contributed by atoms with Crippen molar-refractivity contribution < 1.29 is 24.9 Å². The van der Waals surface area contributed by atoms with Gasteiger partial charge in [0.15, 0.2) is 10.6 Å². The fourth-order valence-corrected chi connectivity index (χ4v) is 4.69. The van der Waals surface area contributed by atoms with Gasteiger partial charge in [0.25, 0.3) is 0 Å². The number of carboxylic acid groups (broad SMARTS) is 2. The highest BCUT2D eigenvalue weighted by atomic mass is 32.1. The first-order valence-corrected chi connectivity index (χ1v) is 11.1. The summed E-state index contributed by atoms with van der Waals surface area (Å²) in [6.07, 6.45) is 2.65. The molecule has 0 saturated heterocycles. The van der Waals surface area contributed by atoms with Crippen LogP contribution < -0.4 is 0 Å². The number of aromatic nitrogens is 2. The van der Waals surface area contributed by atoms with Gasteiger partial charge in [-0.1, -0.05) is 55.8 Å². The van der Waals surface area contributed by atoms with Crippen molar-refractivity contribution in [1.82, 2.24) is 9.55 Å². The minimum atomic E-state index is -1.17. The SMILES string of the molecule is CCCCc1nc2sc(C(=O)O)c(O)c2n1Cc1ccc(-c2ccccc2C(=O)O)cc1. The van der Waals surface area contributed by atoms with Gasteiger partial charge in [-0.3, -0.25) is 0 Å². The number of fused-ring (bicyclic) bond motifs is 1. The first-order valence-electron chi connectivity index (χ1n) is 10.3. The molecule has 0 atom stereocenters. The predicted molar refractivity (Wildman–Crippen MR) is 123 cm³/mol. The Bertz CT molecular complexity index is 1300. The molecule has 32 heavy (non-hydrogen) atoms. The van der Waals surface area contributed by atoms with Crippen LogP contribution in [0.5, 0.6) is 5.75 Å². The maximum atomic E-state index is 11.5. The van der Waals surface area contributed by atoms with Gasteiger partial charge in [-0.2, -0.15) is 0 Å². The molecule has 2 heterocycles. The number of imidazole rings is 1. The van der Waals surface area contributed by atoms with Crippen LogP contribution in [0.25, 0.3) is 21.5 Å². The largest absolute Gasteiger partial charge is 0.504 e. The highest BCUT2D eigenvalue weighted by Crippen LogP contribution is 2.38. The number of hydrogen-bond donors (Lipinski definition) is 3. The van der Waals surface area contributed by atoms with E-state index >= 15 is 0 Å². The van der Waals surface area contributed by atoms with Crippen LogP contribution in [-0.4, -0.2) is 36.8 Å². The zero-order chi connectivity index (χ0) is 22.8. The molecular formula is C24H22N2O5S. The average Bonchev–Trinajstić information content (AvgIpc) is 3.29. The van der Waals surface area contributed by atoms with E-state index in [0.29, 0.717) is 22.5 Å². The molecule has 0 radical (unpaired) electrons. The van der Waals surface area contributed by atoms with E-state index in [4.69, 9.17) is 0 Å². The molecule has 0 aliphatic carbocycles. The van der Waals surface area contributed by atoms with Gasteiger partial charge in [-0.15, -0.1) is 11.3 Å². The lowest BCUT2D eigenvalue weighted by Crippen LogP contribution is -2.06. The number of hydrogen-bond acceptors (Lipinski definition) is 5. The second-order valence-electron chi connectivity index (χ2n) is 7.50. The molecule has 164 valence electrons. The summed E-state index contributed by atoms with van der Waals surface area (Å²) in [4.78, 5) is 28.0. The first-order chi connectivity index (χ1) is 15.4. The van der Waals surface area contributed by atoms with E-state index in [9.17, 15) is 24.9 Å². The van der Waals surface area contributed by atoms with Gasteiger partial charge in [0.05, 0.1) is 5.56 Å². The summed E-state index contributed by atoms with van der Waals surface area (Å²) in [7, 11) is 0. The number of thiophene rings is 1. The lowest BCUT2D eigenvalue weighted by molar-refractivity contribution is 0.0687. The van der Waals surface area contributed by atoms with Gasteiger partial charge in [0.2, 0.25) is 0 Å². The van der Waals surface area contributed by atoms with Crippen LogP contribution in [0.1, 0.15) is 51.2 Å². The molecule has 0 saturated carbocycles. The molecule has 0 fully saturated rings. The van der Waals surface area contributed by atoms with E-state index in [1.165, 1.54) is 0 Å². The fraction of sp³-hybridized carbons (Fsp3) is 0.208. The minimum Gasteiger partial charge on any atom is -0.504 e. The zero-order valence-corrected chi connectivity index (χ0v) is 18.2. The van der Waals surface area contributed by atoms with Crippen LogP contribution >= 0.6 is 11.3 Å². The lowest BCUT2D eigenvalue weighted by Gasteiger charge is -2.11. The van der Waals surface area contributed by atoms with Crippen molar-refractivity contribution >= 4 is 33.6 Å². The summed E-state index contributed by atoms with van der Waals surface area (Å²) in [6.45, 7) is 2.50. The first kappa shape index (κ1) is 21.6. The van der Waals surface area contributed by atoms with Crippen molar-refractivity contribution in [2.75, 3.05) is 0 Å². The van der Waals surface area contributed by atoms with Crippen LogP contribution in [0.2, 0.25) is 0 Å². The second kappa shape index (κ2) is 8.84. The molecular weight excluding hydrogens is 428 g/mol. The normalized spacial score (nSPS) is 11.2. The van der Waals surface area contributed by atoms with Gasteiger partial charge < -0.3 is 19.9 Å². The number of carbonyl (C=O) groups is 2. The highest BCUT2D eigenvalue weighted by Gasteiger charge is 2.24. The van der Waals surface area contributed by atoms with E-state index < -0.39 is 11.9 Å². The van der Waals surface area contributed by atoms with Crippen molar-refractivity contribution in [3.05, 3.63) is 70.4 Å². The Morgan fingerprint density at radius 1 is 1.03 bits per heavy atom. The van der Waals surface area contributed by atoms with Gasteiger partial charge in [-0.05, 0) is 29.2 Å². The van der Waals surface area contributed by atoms with E-state index in [-0.39, 0.29) is 16.2 Å². The Balaban J connectivity index is 1.71. The molecule has 7 nitrogen and oxygen atoms in total. The molecule has 0 spiro atoms. The number of aromatic hydroxyl groups is 1. The zero-order valence-electron chi connectivity index (χ0n) is 17.4. The van der Waals surface area contributed by atoms with E-state index in [1.54, 1.807) is 24.3 Å². The predicted octanol–water partition coefficient (Wildman–Crippen LogP) is 5.26. The Morgan fingerprint density at radius 2 is 1.75 bits per heavy atom. The van der Waals surface area contributed by atoms with Crippen LogP contribution in [0.15, 0.2) is 48.5 Å². The third-order valence-electron chi connectivity index (χ3n) is 5.36. The number of aromatic carboxylic acids is 2. The summed E-state index contributed by atoms with van der Waals surface area (Å²) in [6, 6.07) is 14.4. The van der Waals surface area contributed by atoms with Gasteiger partial charge in [0, 0.05) is 13.0 Å². The van der Waals surface area contributed by atoms with Crippen LogP contribution in [0.3, 0.4) is 0 Å². The quantitative estimate of drug-likeness (QED) is 0.338. The molecule has 4 rings (SSSR count). The van der Waals surface area contributed by atoms with Gasteiger partial charge in [0.1, 0.15) is 16.2 Å². The van der Waals surface area contributed by atoms with E-state index in [2.05, 4.69) is 11.9 Å². The number of benzene rings is 2. The minimum absolute atomic E-state index is 0.112. The summed E-state index contributed by atoms with van der Waals surface area (Å²) >= 11 is 0.978. The summed E-state index contributed by atoms with van der Waals surface area (Å²) in [5, 5.41) is 29.3. The number of carboxylic acids is 2. The summed E-state index contributed by atoms with van der Waals surface area (Å²) < 4.78 is 1.88. The van der Waals surface area contributed by atoms with Crippen LogP contribution in [-0.2, 0) is 13.0 Å². The van der Waals surface area contributed by atoms with Crippen LogP contribution in [0, 0.1) is 0 Å². The molecule has 8 heteroatoms. The Kier molecular flexibility index (Phi) is 5.96. The molecule has 0 unspecified atom stereocenters. The standard InChI is InChI=1S/C24H22N2O5S/c1-2-3-8-18-25-22-19(20(27)21(32-22)24(30)31)26(18)13-14-9-11-15(12-10-14)16-6-4-5-7-17(16)23(28)29/h4-7,9-12,27H,2-3,8,13H2,1H3,(H,28,29)(H,30,31). The highest BCUT2D eigenvalue weighted by molar-refractivity contribution is 7.20. The molecule has 0 amide bonds. The van der Waals surface area contributed by atoms with Crippen molar-refractivity contribution in [1.29, 1.82) is 0 Å². The maximum absolute atomic E-state index is 11.5. The summed E-state index contributed by atoms with van der Waals surface area (Å²) in [5.74, 6) is -1.60. The lowest BCUT2D eigenvalue weighted by atomic mass is 9.99. The maximum Gasteiger partial charge on any atom is 0.349 e. The van der Waals surface area contributed by atoms with Crippen molar-refractivity contribution in [3.8, 4) is 16.9 Å². The average molecular weight is 451 g/mol. The molecule has 2 aromatic carbocycles. The molecule has 0 aliphatic rings. The number of rotatable bonds is 8. The molecule has 3 N–H and O–H groups in total. The Hall–Kier alpha value is -3.65. The second-order valence-corrected chi connectivity index (χ2v) is 8.50. The number of aryl methyl sites for hydroxylation is 1.